The van der Waals surface area contributed by atoms with Crippen LogP contribution in [0.5, 0.6) is 0 Å². The van der Waals surface area contributed by atoms with Gasteiger partial charge in [0.25, 0.3) is 0 Å². The number of hydrogen-bond acceptors (Lipinski definition) is 3. The van der Waals surface area contributed by atoms with Gasteiger partial charge in [-0.1, -0.05) is 30.3 Å². The number of benzene rings is 1. The monoisotopic (exact) mass is 237 g/mol. The molecule has 0 aromatic heterocycles. The molecule has 4 nitrogen and oxygen atoms in total. The quantitative estimate of drug-likeness (QED) is 0.804. The zero-order valence-corrected chi connectivity index (χ0v) is 10.3. The summed E-state index contributed by atoms with van der Waals surface area (Å²) in [7, 11) is 1.66. The van der Waals surface area contributed by atoms with E-state index in [9.17, 15) is 4.79 Å². The molecular weight excluding hydrogens is 218 g/mol. The standard InChI is InChI=1S/C13H19NO3/c1-11(8-15)14(2)13(16)10-17-9-12-6-4-3-5-7-12/h3-7,11,15H,8-10H2,1-2H3. The van der Waals surface area contributed by atoms with E-state index in [1.54, 1.807) is 14.0 Å². The predicted octanol–water partition coefficient (Wildman–Crippen LogP) is 1.04. The molecule has 0 aliphatic heterocycles. The number of likely N-dealkylation sites (N-methyl/N-ethyl adjacent to an activating group) is 1. The molecule has 17 heavy (non-hydrogen) atoms. The maximum atomic E-state index is 11.6. The summed E-state index contributed by atoms with van der Waals surface area (Å²) < 4.78 is 5.32. The number of hydrogen-bond donors (Lipinski definition) is 1. The highest BCUT2D eigenvalue weighted by Gasteiger charge is 2.14. The van der Waals surface area contributed by atoms with Crippen LogP contribution in [0.2, 0.25) is 0 Å². The minimum Gasteiger partial charge on any atom is -0.394 e. The Morgan fingerprint density at radius 3 is 2.65 bits per heavy atom. The second-order valence-corrected chi connectivity index (χ2v) is 4.01. The molecule has 0 saturated heterocycles. The van der Waals surface area contributed by atoms with E-state index in [0.29, 0.717) is 6.61 Å². The third kappa shape index (κ3) is 4.54. The second kappa shape index (κ2) is 7.04. The van der Waals surface area contributed by atoms with Crippen molar-refractivity contribution in [2.45, 2.75) is 19.6 Å². The van der Waals surface area contributed by atoms with Gasteiger partial charge in [-0.15, -0.1) is 0 Å². The molecular formula is C13H19NO3. The van der Waals surface area contributed by atoms with Crippen molar-refractivity contribution in [3.05, 3.63) is 35.9 Å². The molecule has 0 heterocycles. The Kier molecular flexibility index (Phi) is 5.66. The molecule has 0 aliphatic rings. The fourth-order valence-corrected chi connectivity index (χ4v) is 1.30. The number of aliphatic hydroxyl groups is 1. The number of rotatable bonds is 6. The summed E-state index contributed by atoms with van der Waals surface area (Å²) in [6, 6.07) is 9.52. The summed E-state index contributed by atoms with van der Waals surface area (Å²) in [4.78, 5) is 13.1. The third-order valence-corrected chi connectivity index (χ3v) is 2.66. The number of aliphatic hydroxyl groups excluding tert-OH is 1. The second-order valence-electron chi connectivity index (χ2n) is 4.01. The predicted molar refractivity (Wildman–Crippen MR) is 65.4 cm³/mol. The Balaban J connectivity index is 2.29. The van der Waals surface area contributed by atoms with Crippen molar-refractivity contribution in [2.75, 3.05) is 20.3 Å². The van der Waals surface area contributed by atoms with Gasteiger partial charge in [0.05, 0.1) is 19.3 Å². The zero-order valence-electron chi connectivity index (χ0n) is 10.3. The highest BCUT2D eigenvalue weighted by atomic mass is 16.5. The van der Waals surface area contributed by atoms with Crippen molar-refractivity contribution >= 4 is 5.91 Å². The van der Waals surface area contributed by atoms with Crippen molar-refractivity contribution in [2.24, 2.45) is 0 Å². The maximum Gasteiger partial charge on any atom is 0.248 e. The largest absolute Gasteiger partial charge is 0.394 e. The fourth-order valence-electron chi connectivity index (χ4n) is 1.30. The minimum atomic E-state index is -0.178. The SMILES string of the molecule is CC(CO)N(C)C(=O)COCc1ccccc1. The van der Waals surface area contributed by atoms with Crippen LogP contribution in [0.25, 0.3) is 0 Å². The van der Waals surface area contributed by atoms with Crippen LogP contribution >= 0.6 is 0 Å². The van der Waals surface area contributed by atoms with E-state index in [4.69, 9.17) is 9.84 Å². The van der Waals surface area contributed by atoms with Gasteiger partial charge in [0.2, 0.25) is 5.91 Å². The average molecular weight is 237 g/mol. The van der Waals surface area contributed by atoms with Crippen LogP contribution in [-0.2, 0) is 16.1 Å². The molecule has 1 N–H and O–H groups in total. The van der Waals surface area contributed by atoms with Crippen LogP contribution in [0.15, 0.2) is 30.3 Å². The molecule has 4 heteroatoms. The Hall–Kier alpha value is -1.39. The smallest absolute Gasteiger partial charge is 0.248 e. The molecule has 1 unspecified atom stereocenters. The normalized spacial score (nSPS) is 12.2. The fraction of sp³-hybridized carbons (Fsp3) is 0.462. The Bertz CT molecular complexity index is 340. The first-order chi connectivity index (χ1) is 8.15. The van der Waals surface area contributed by atoms with E-state index in [0.717, 1.165) is 5.56 Å². The van der Waals surface area contributed by atoms with Gasteiger partial charge in [0, 0.05) is 7.05 Å². The zero-order chi connectivity index (χ0) is 12.7. The van der Waals surface area contributed by atoms with Gasteiger partial charge in [-0.05, 0) is 12.5 Å². The van der Waals surface area contributed by atoms with Gasteiger partial charge in [-0.2, -0.15) is 0 Å². The lowest BCUT2D eigenvalue weighted by atomic mass is 10.2. The molecule has 0 saturated carbocycles. The van der Waals surface area contributed by atoms with Crippen molar-refractivity contribution in [3.63, 3.8) is 0 Å². The summed E-state index contributed by atoms with van der Waals surface area (Å²) in [6.45, 7) is 2.21. The molecule has 0 radical (unpaired) electrons. The number of carbonyl (C=O) groups excluding carboxylic acids is 1. The van der Waals surface area contributed by atoms with Crippen molar-refractivity contribution in [3.8, 4) is 0 Å². The molecule has 1 amide bonds. The van der Waals surface area contributed by atoms with E-state index >= 15 is 0 Å². The number of ether oxygens (including phenoxy) is 1. The van der Waals surface area contributed by atoms with Crippen LogP contribution in [0.3, 0.4) is 0 Å². The number of carbonyl (C=O) groups is 1. The Labute approximate surface area is 102 Å². The number of amides is 1. The minimum absolute atomic E-state index is 0.0374. The lowest BCUT2D eigenvalue weighted by Crippen LogP contribution is -2.39. The van der Waals surface area contributed by atoms with Gasteiger partial charge < -0.3 is 14.7 Å². The average Bonchev–Trinajstić information content (AvgIpc) is 2.38. The highest BCUT2D eigenvalue weighted by Crippen LogP contribution is 2.01. The third-order valence-electron chi connectivity index (χ3n) is 2.66. The lowest BCUT2D eigenvalue weighted by Gasteiger charge is -2.22. The van der Waals surface area contributed by atoms with E-state index < -0.39 is 0 Å². The first-order valence-corrected chi connectivity index (χ1v) is 5.63. The van der Waals surface area contributed by atoms with Crippen LogP contribution in [0.4, 0.5) is 0 Å². The number of nitrogens with zero attached hydrogens (tertiary/aromatic N) is 1. The van der Waals surface area contributed by atoms with Crippen molar-refractivity contribution in [1.29, 1.82) is 0 Å². The molecule has 0 spiro atoms. The summed E-state index contributed by atoms with van der Waals surface area (Å²) in [5.74, 6) is -0.123. The molecule has 0 aliphatic carbocycles. The lowest BCUT2D eigenvalue weighted by molar-refractivity contribution is -0.137. The van der Waals surface area contributed by atoms with Crippen molar-refractivity contribution in [1.82, 2.24) is 4.90 Å². The van der Waals surface area contributed by atoms with Crippen LogP contribution in [0.1, 0.15) is 12.5 Å². The summed E-state index contributed by atoms with van der Waals surface area (Å²) in [5.41, 5.74) is 1.04. The molecule has 1 atom stereocenters. The summed E-state index contributed by atoms with van der Waals surface area (Å²) >= 11 is 0. The van der Waals surface area contributed by atoms with E-state index in [1.165, 1.54) is 4.90 Å². The maximum absolute atomic E-state index is 11.6. The van der Waals surface area contributed by atoms with Gasteiger partial charge >= 0.3 is 0 Å². The van der Waals surface area contributed by atoms with Gasteiger partial charge in [0.1, 0.15) is 6.61 Å². The Morgan fingerprint density at radius 1 is 1.41 bits per heavy atom. The first kappa shape index (κ1) is 13.7. The van der Waals surface area contributed by atoms with Gasteiger partial charge in [0.15, 0.2) is 0 Å². The first-order valence-electron chi connectivity index (χ1n) is 5.63. The van der Waals surface area contributed by atoms with E-state index in [2.05, 4.69) is 0 Å². The van der Waals surface area contributed by atoms with Crippen LogP contribution < -0.4 is 0 Å². The van der Waals surface area contributed by atoms with Crippen LogP contribution in [0, 0.1) is 0 Å². The summed E-state index contributed by atoms with van der Waals surface area (Å²) in [6.07, 6.45) is 0. The van der Waals surface area contributed by atoms with E-state index in [1.807, 2.05) is 30.3 Å². The molecule has 94 valence electrons. The molecule has 0 fully saturated rings. The van der Waals surface area contributed by atoms with Gasteiger partial charge in [-0.25, -0.2) is 0 Å². The highest BCUT2D eigenvalue weighted by molar-refractivity contribution is 5.77. The topological polar surface area (TPSA) is 49.8 Å². The van der Waals surface area contributed by atoms with E-state index in [-0.39, 0.29) is 25.2 Å². The van der Waals surface area contributed by atoms with Gasteiger partial charge in [-0.3, -0.25) is 4.79 Å². The van der Waals surface area contributed by atoms with Crippen molar-refractivity contribution < 1.29 is 14.6 Å². The Morgan fingerprint density at radius 2 is 2.06 bits per heavy atom. The summed E-state index contributed by atoms with van der Waals surface area (Å²) in [5, 5.41) is 8.92. The molecule has 1 rings (SSSR count). The molecule has 1 aromatic rings. The molecule has 1 aromatic carbocycles. The van der Waals surface area contributed by atoms with Crippen LogP contribution in [-0.4, -0.2) is 42.2 Å². The molecule has 0 bridgehead atoms.